The Morgan fingerprint density at radius 3 is 2.65 bits per heavy atom. The molecule has 2 aromatic rings. The molecule has 0 spiro atoms. The molecule has 0 fully saturated rings. The average Bonchev–Trinajstić information content (AvgIpc) is 2.80. The quantitative estimate of drug-likeness (QED) is 0.600. The van der Waals surface area contributed by atoms with Crippen molar-refractivity contribution in [2.24, 2.45) is 16.5 Å². The van der Waals surface area contributed by atoms with E-state index in [0.29, 0.717) is 17.1 Å². The van der Waals surface area contributed by atoms with E-state index in [2.05, 4.69) is 15.2 Å². The lowest BCUT2D eigenvalue weighted by Gasteiger charge is -2.05. The molecule has 2 rings (SSSR count). The Balaban J connectivity index is 2.46. The number of methoxy groups -OCH3 is 1. The van der Waals surface area contributed by atoms with Crippen LogP contribution in [-0.2, 0) is 0 Å². The summed E-state index contributed by atoms with van der Waals surface area (Å²) < 4.78 is 5.22. The molecule has 1 amide bonds. The van der Waals surface area contributed by atoms with Crippen LogP contribution in [0.1, 0.15) is 16.2 Å². The van der Waals surface area contributed by atoms with Crippen LogP contribution in [0, 0.1) is 6.92 Å². The number of carbonyl (C=O) groups is 1. The van der Waals surface area contributed by atoms with Crippen molar-refractivity contribution < 1.29 is 9.53 Å². The van der Waals surface area contributed by atoms with E-state index < -0.39 is 5.91 Å². The summed E-state index contributed by atoms with van der Waals surface area (Å²) in [5.74, 6) is -0.367. The molecule has 1 aromatic carbocycles. The van der Waals surface area contributed by atoms with Crippen LogP contribution in [0.2, 0.25) is 0 Å². The van der Waals surface area contributed by atoms with Crippen molar-refractivity contribution in [3.8, 4) is 11.4 Å². The van der Waals surface area contributed by atoms with E-state index in [-0.39, 0.29) is 11.7 Å². The Bertz CT molecular complexity index is 672. The Morgan fingerprint density at radius 1 is 1.30 bits per heavy atom. The zero-order chi connectivity index (χ0) is 14.7. The standard InChI is InChI=1S/C12H14N6O2/c1-7-10(11(19)15-12(13)14)17-18(16-7)8-5-3-4-6-9(8)20-2/h3-6H,1-2H3,(H4,13,14,15,19). The smallest absolute Gasteiger partial charge is 0.302 e. The number of carbonyl (C=O) groups excluding carboxylic acids is 1. The molecular weight excluding hydrogens is 260 g/mol. The molecule has 8 heteroatoms. The van der Waals surface area contributed by atoms with Crippen molar-refractivity contribution in [2.45, 2.75) is 6.92 Å². The van der Waals surface area contributed by atoms with Crippen LogP contribution in [0.5, 0.6) is 5.75 Å². The highest BCUT2D eigenvalue weighted by atomic mass is 16.5. The summed E-state index contributed by atoms with van der Waals surface area (Å²) >= 11 is 0. The third kappa shape index (κ3) is 2.58. The molecule has 104 valence electrons. The zero-order valence-electron chi connectivity index (χ0n) is 11.1. The van der Waals surface area contributed by atoms with Gasteiger partial charge in [-0.2, -0.15) is 10.1 Å². The number of para-hydroxylation sites is 2. The van der Waals surface area contributed by atoms with Gasteiger partial charge in [0, 0.05) is 0 Å². The Morgan fingerprint density at radius 2 is 2.00 bits per heavy atom. The predicted octanol–water partition coefficient (Wildman–Crippen LogP) is -0.00208. The van der Waals surface area contributed by atoms with Gasteiger partial charge < -0.3 is 16.2 Å². The van der Waals surface area contributed by atoms with Gasteiger partial charge in [0.25, 0.3) is 0 Å². The Labute approximate surface area is 115 Å². The molecule has 8 nitrogen and oxygen atoms in total. The monoisotopic (exact) mass is 274 g/mol. The van der Waals surface area contributed by atoms with E-state index in [1.54, 1.807) is 26.2 Å². The molecule has 1 heterocycles. The highest BCUT2D eigenvalue weighted by molar-refractivity contribution is 6.01. The van der Waals surface area contributed by atoms with Crippen LogP contribution in [0.15, 0.2) is 29.3 Å². The molecule has 20 heavy (non-hydrogen) atoms. The Hall–Kier alpha value is -2.90. The number of benzene rings is 1. The van der Waals surface area contributed by atoms with E-state index in [0.717, 1.165) is 0 Å². The average molecular weight is 274 g/mol. The van der Waals surface area contributed by atoms with E-state index >= 15 is 0 Å². The van der Waals surface area contributed by atoms with Gasteiger partial charge in [-0.3, -0.25) is 4.79 Å². The van der Waals surface area contributed by atoms with E-state index in [4.69, 9.17) is 16.2 Å². The normalized spacial score (nSPS) is 10.1. The molecule has 0 saturated heterocycles. The fourth-order valence-electron chi connectivity index (χ4n) is 1.65. The molecule has 1 aromatic heterocycles. The van der Waals surface area contributed by atoms with Crippen LogP contribution in [0.3, 0.4) is 0 Å². The van der Waals surface area contributed by atoms with Crippen molar-refractivity contribution in [1.82, 2.24) is 15.0 Å². The molecule has 0 bridgehead atoms. The fourth-order valence-corrected chi connectivity index (χ4v) is 1.65. The minimum absolute atomic E-state index is 0.0873. The maximum Gasteiger partial charge on any atom is 0.302 e. The number of aryl methyl sites for hydroxylation is 1. The van der Waals surface area contributed by atoms with Gasteiger partial charge in [0.15, 0.2) is 11.7 Å². The number of rotatable bonds is 3. The van der Waals surface area contributed by atoms with Crippen molar-refractivity contribution in [2.75, 3.05) is 7.11 Å². The summed E-state index contributed by atoms with van der Waals surface area (Å²) in [6.45, 7) is 1.65. The van der Waals surface area contributed by atoms with Gasteiger partial charge in [-0.25, -0.2) is 0 Å². The number of hydrogen-bond acceptors (Lipinski definition) is 4. The number of ether oxygens (including phenoxy) is 1. The highest BCUT2D eigenvalue weighted by Gasteiger charge is 2.17. The maximum absolute atomic E-state index is 11.8. The molecule has 0 aliphatic carbocycles. The van der Waals surface area contributed by atoms with Gasteiger partial charge in [-0.15, -0.1) is 9.90 Å². The summed E-state index contributed by atoms with van der Waals surface area (Å²) in [4.78, 5) is 16.5. The summed E-state index contributed by atoms with van der Waals surface area (Å²) in [5.41, 5.74) is 11.5. The van der Waals surface area contributed by atoms with Crippen LogP contribution < -0.4 is 16.2 Å². The Kier molecular flexibility index (Phi) is 3.65. The van der Waals surface area contributed by atoms with Crippen LogP contribution in [0.25, 0.3) is 5.69 Å². The molecule has 0 radical (unpaired) electrons. The lowest BCUT2D eigenvalue weighted by atomic mass is 10.3. The summed E-state index contributed by atoms with van der Waals surface area (Å²) in [7, 11) is 1.54. The first kappa shape index (κ1) is 13.5. The molecule has 0 saturated carbocycles. The fraction of sp³-hybridized carbons (Fsp3) is 0.167. The number of aromatic nitrogens is 3. The molecule has 0 unspecified atom stereocenters. The van der Waals surface area contributed by atoms with Gasteiger partial charge >= 0.3 is 5.91 Å². The topological polar surface area (TPSA) is 121 Å². The van der Waals surface area contributed by atoms with Gasteiger partial charge in [0.1, 0.15) is 11.4 Å². The molecular formula is C12H14N6O2. The minimum atomic E-state index is -0.636. The third-order valence-electron chi connectivity index (χ3n) is 2.52. The number of amides is 1. The predicted molar refractivity (Wildman–Crippen MR) is 72.8 cm³/mol. The summed E-state index contributed by atoms with van der Waals surface area (Å²) in [6, 6.07) is 7.18. The van der Waals surface area contributed by atoms with Crippen LogP contribution in [0.4, 0.5) is 0 Å². The lowest BCUT2D eigenvalue weighted by Crippen LogP contribution is -2.24. The van der Waals surface area contributed by atoms with E-state index in [1.807, 2.05) is 12.1 Å². The van der Waals surface area contributed by atoms with E-state index in [1.165, 1.54) is 4.80 Å². The zero-order valence-corrected chi connectivity index (χ0v) is 11.1. The third-order valence-corrected chi connectivity index (χ3v) is 2.52. The second-order valence-corrected chi connectivity index (χ2v) is 3.94. The van der Waals surface area contributed by atoms with Crippen LogP contribution in [-0.4, -0.2) is 34.0 Å². The van der Waals surface area contributed by atoms with Crippen molar-refractivity contribution >= 4 is 11.9 Å². The van der Waals surface area contributed by atoms with Gasteiger partial charge in [0.2, 0.25) is 0 Å². The van der Waals surface area contributed by atoms with Crippen LogP contribution >= 0.6 is 0 Å². The van der Waals surface area contributed by atoms with Crippen molar-refractivity contribution in [1.29, 1.82) is 0 Å². The number of aliphatic imine (C=N–C) groups is 1. The van der Waals surface area contributed by atoms with E-state index in [9.17, 15) is 4.79 Å². The largest absolute Gasteiger partial charge is 0.494 e. The summed E-state index contributed by atoms with van der Waals surface area (Å²) in [6.07, 6.45) is 0. The molecule has 0 aliphatic rings. The molecule has 0 atom stereocenters. The van der Waals surface area contributed by atoms with Crippen molar-refractivity contribution in [3.63, 3.8) is 0 Å². The SMILES string of the molecule is COc1ccccc1-n1nc(C)c(C(=O)N=C(N)N)n1. The van der Waals surface area contributed by atoms with Gasteiger partial charge in [-0.1, -0.05) is 12.1 Å². The first-order chi connectivity index (χ1) is 9.52. The number of nitrogens with zero attached hydrogens (tertiary/aromatic N) is 4. The first-order valence-electron chi connectivity index (χ1n) is 5.74. The second kappa shape index (κ2) is 5.39. The van der Waals surface area contributed by atoms with Gasteiger partial charge in [-0.05, 0) is 19.1 Å². The number of hydrogen-bond donors (Lipinski definition) is 2. The summed E-state index contributed by atoms with van der Waals surface area (Å²) in [5, 5.41) is 8.27. The maximum atomic E-state index is 11.8. The minimum Gasteiger partial charge on any atom is -0.494 e. The highest BCUT2D eigenvalue weighted by Crippen LogP contribution is 2.21. The molecule has 0 aliphatic heterocycles. The lowest BCUT2D eigenvalue weighted by molar-refractivity contribution is 0.0997. The first-order valence-corrected chi connectivity index (χ1v) is 5.74. The number of guanidine groups is 1. The number of nitrogens with two attached hydrogens (primary N) is 2. The second-order valence-electron chi connectivity index (χ2n) is 3.94. The van der Waals surface area contributed by atoms with Gasteiger partial charge in [0.05, 0.1) is 12.8 Å². The van der Waals surface area contributed by atoms with Crippen molar-refractivity contribution in [3.05, 3.63) is 35.7 Å². The molecule has 4 N–H and O–H groups in total.